The topological polar surface area (TPSA) is 35.2 Å². The quantitative estimate of drug-likeness (QED) is 0.811. The summed E-state index contributed by atoms with van der Waals surface area (Å²) in [6.45, 7) is 2.52. The first-order valence-electron chi connectivity index (χ1n) is 6.52. The third kappa shape index (κ3) is 3.98. The predicted molar refractivity (Wildman–Crippen MR) is 87.1 cm³/mol. The Hall–Kier alpha value is -1.03. The summed E-state index contributed by atoms with van der Waals surface area (Å²) in [5.41, 5.74) is 8.07. The molecule has 4 heteroatoms. The molecule has 0 fully saturated rings. The predicted octanol–water partition coefficient (Wildman–Crippen LogP) is 5.09. The highest BCUT2D eigenvalue weighted by Crippen LogP contribution is 2.24. The van der Waals surface area contributed by atoms with E-state index in [9.17, 15) is 0 Å². The summed E-state index contributed by atoms with van der Waals surface area (Å²) in [4.78, 5) is 0. The van der Waals surface area contributed by atoms with E-state index in [1.165, 1.54) is 0 Å². The molecule has 2 aromatic rings. The van der Waals surface area contributed by atoms with Crippen LogP contribution >= 0.6 is 27.5 Å². The summed E-state index contributed by atoms with van der Waals surface area (Å²) in [5, 5.41) is 0.698. The van der Waals surface area contributed by atoms with Crippen LogP contribution in [0.15, 0.2) is 46.9 Å². The highest BCUT2D eigenvalue weighted by atomic mass is 79.9. The molecule has 0 aromatic heterocycles. The van der Waals surface area contributed by atoms with Crippen LogP contribution < -0.4 is 10.5 Å². The molecule has 20 heavy (non-hydrogen) atoms. The van der Waals surface area contributed by atoms with E-state index >= 15 is 0 Å². The standard InChI is InChI=1S/C16H17BrClNO/c1-2-16(19)11-4-7-14(8-5-11)20-10-12-3-6-13(17)9-15(12)18/h3-9,16H,2,10,19H2,1H3/t16-/m0/s1. The lowest BCUT2D eigenvalue weighted by Crippen LogP contribution is -2.08. The SMILES string of the molecule is CC[C@H](N)c1ccc(OCc2ccc(Br)cc2Cl)cc1. The van der Waals surface area contributed by atoms with Crippen molar-refractivity contribution in [1.82, 2.24) is 0 Å². The number of halogens is 2. The summed E-state index contributed by atoms with van der Waals surface area (Å²) < 4.78 is 6.70. The molecule has 0 aliphatic rings. The molecule has 0 unspecified atom stereocenters. The minimum absolute atomic E-state index is 0.0879. The number of benzene rings is 2. The van der Waals surface area contributed by atoms with Crippen LogP contribution in [0.1, 0.15) is 30.5 Å². The number of hydrogen-bond donors (Lipinski definition) is 1. The van der Waals surface area contributed by atoms with Gasteiger partial charge in [0.05, 0.1) is 0 Å². The second-order valence-electron chi connectivity index (χ2n) is 4.61. The monoisotopic (exact) mass is 353 g/mol. The van der Waals surface area contributed by atoms with Gasteiger partial charge in [0.1, 0.15) is 12.4 Å². The van der Waals surface area contributed by atoms with Crippen LogP contribution in [0.3, 0.4) is 0 Å². The van der Waals surface area contributed by atoms with Crippen LogP contribution in [0.4, 0.5) is 0 Å². The molecule has 1 atom stereocenters. The van der Waals surface area contributed by atoms with Crippen LogP contribution in [-0.4, -0.2) is 0 Å². The minimum atomic E-state index is 0.0879. The van der Waals surface area contributed by atoms with Crippen molar-refractivity contribution in [3.05, 3.63) is 63.1 Å². The average Bonchev–Trinajstić information content (AvgIpc) is 2.46. The Morgan fingerprint density at radius 3 is 2.50 bits per heavy atom. The van der Waals surface area contributed by atoms with Gasteiger partial charge in [-0.2, -0.15) is 0 Å². The number of ether oxygens (including phenoxy) is 1. The number of hydrogen-bond acceptors (Lipinski definition) is 2. The fourth-order valence-electron chi connectivity index (χ4n) is 1.85. The summed E-state index contributed by atoms with van der Waals surface area (Å²) in [7, 11) is 0. The molecule has 0 aliphatic carbocycles. The van der Waals surface area contributed by atoms with Gasteiger partial charge in [0.15, 0.2) is 0 Å². The van der Waals surface area contributed by atoms with Crippen LogP contribution in [0.25, 0.3) is 0 Å². The minimum Gasteiger partial charge on any atom is -0.489 e. The summed E-state index contributed by atoms with van der Waals surface area (Å²) in [6, 6.07) is 13.8. The van der Waals surface area contributed by atoms with Gasteiger partial charge in [-0.05, 0) is 36.2 Å². The van der Waals surface area contributed by atoms with E-state index in [0.717, 1.165) is 27.8 Å². The maximum Gasteiger partial charge on any atom is 0.119 e. The molecule has 0 spiro atoms. The third-order valence-corrected chi connectivity index (χ3v) is 4.00. The zero-order valence-corrected chi connectivity index (χ0v) is 13.6. The van der Waals surface area contributed by atoms with E-state index in [1.54, 1.807) is 0 Å². The zero-order valence-electron chi connectivity index (χ0n) is 11.3. The van der Waals surface area contributed by atoms with E-state index in [-0.39, 0.29) is 6.04 Å². The van der Waals surface area contributed by atoms with Crippen molar-refractivity contribution in [3.8, 4) is 5.75 Å². The maximum atomic E-state index is 6.15. The molecule has 2 N–H and O–H groups in total. The Balaban J connectivity index is 2.00. The van der Waals surface area contributed by atoms with Crippen molar-refractivity contribution in [2.24, 2.45) is 5.73 Å². The fourth-order valence-corrected chi connectivity index (χ4v) is 2.57. The molecule has 2 aromatic carbocycles. The molecular formula is C16H17BrClNO. The number of nitrogens with two attached hydrogens (primary N) is 1. The van der Waals surface area contributed by atoms with Crippen molar-refractivity contribution in [2.45, 2.75) is 26.0 Å². The van der Waals surface area contributed by atoms with Crippen molar-refractivity contribution >= 4 is 27.5 Å². The molecule has 2 nitrogen and oxygen atoms in total. The molecule has 0 aliphatic heterocycles. The first-order valence-corrected chi connectivity index (χ1v) is 7.69. The lowest BCUT2D eigenvalue weighted by molar-refractivity contribution is 0.306. The van der Waals surface area contributed by atoms with Gasteiger partial charge in [0.25, 0.3) is 0 Å². The van der Waals surface area contributed by atoms with Gasteiger partial charge in [0.2, 0.25) is 0 Å². The normalized spacial score (nSPS) is 12.2. The Labute approximate surface area is 133 Å². The van der Waals surface area contributed by atoms with Crippen LogP contribution in [0.2, 0.25) is 5.02 Å². The van der Waals surface area contributed by atoms with Crippen molar-refractivity contribution in [1.29, 1.82) is 0 Å². The highest BCUT2D eigenvalue weighted by molar-refractivity contribution is 9.10. The van der Waals surface area contributed by atoms with E-state index in [4.69, 9.17) is 22.1 Å². The van der Waals surface area contributed by atoms with Gasteiger partial charge in [0, 0.05) is 21.1 Å². The Kier molecular flexibility index (Phi) is 5.46. The highest BCUT2D eigenvalue weighted by Gasteiger charge is 2.05. The smallest absolute Gasteiger partial charge is 0.119 e. The second kappa shape index (κ2) is 7.11. The summed E-state index contributed by atoms with van der Waals surface area (Å²) in [5.74, 6) is 0.816. The van der Waals surface area contributed by atoms with E-state index in [2.05, 4.69) is 22.9 Å². The molecule has 0 heterocycles. The van der Waals surface area contributed by atoms with Crippen molar-refractivity contribution in [3.63, 3.8) is 0 Å². The van der Waals surface area contributed by atoms with Crippen molar-refractivity contribution in [2.75, 3.05) is 0 Å². The lowest BCUT2D eigenvalue weighted by Gasteiger charge is -2.11. The van der Waals surface area contributed by atoms with Gasteiger partial charge >= 0.3 is 0 Å². The van der Waals surface area contributed by atoms with Crippen LogP contribution in [0, 0.1) is 0 Å². The number of rotatable bonds is 5. The molecule has 0 saturated carbocycles. The molecule has 106 valence electrons. The first-order chi connectivity index (χ1) is 9.60. The second-order valence-corrected chi connectivity index (χ2v) is 5.93. The lowest BCUT2D eigenvalue weighted by atomic mass is 10.1. The van der Waals surface area contributed by atoms with E-state index in [1.807, 2.05) is 42.5 Å². The van der Waals surface area contributed by atoms with Gasteiger partial charge in [-0.25, -0.2) is 0 Å². The van der Waals surface area contributed by atoms with E-state index < -0.39 is 0 Å². The fraction of sp³-hybridized carbons (Fsp3) is 0.250. The zero-order chi connectivity index (χ0) is 14.5. The molecule has 0 amide bonds. The van der Waals surface area contributed by atoms with Crippen LogP contribution in [-0.2, 0) is 6.61 Å². The Morgan fingerprint density at radius 2 is 1.90 bits per heavy atom. The molecular weight excluding hydrogens is 338 g/mol. The average molecular weight is 355 g/mol. The molecule has 0 radical (unpaired) electrons. The largest absolute Gasteiger partial charge is 0.489 e. The van der Waals surface area contributed by atoms with Gasteiger partial charge in [-0.3, -0.25) is 0 Å². The summed E-state index contributed by atoms with van der Waals surface area (Å²) in [6.07, 6.45) is 0.925. The van der Waals surface area contributed by atoms with Crippen LogP contribution in [0.5, 0.6) is 5.75 Å². The Bertz CT molecular complexity index is 571. The molecule has 2 rings (SSSR count). The third-order valence-electron chi connectivity index (χ3n) is 3.16. The molecule has 0 saturated heterocycles. The van der Waals surface area contributed by atoms with Gasteiger partial charge < -0.3 is 10.5 Å². The molecule has 0 bridgehead atoms. The van der Waals surface area contributed by atoms with Gasteiger partial charge in [-0.15, -0.1) is 0 Å². The summed E-state index contributed by atoms with van der Waals surface area (Å²) >= 11 is 9.54. The van der Waals surface area contributed by atoms with Gasteiger partial charge in [-0.1, -0.05) is 52.7 Å². The first kappa shape index (κ1) is 15.4. The van der Waals surface area contributed by atoms with Crippen molar-refractivity contribution < 1.29 is 4.74 Å². The maximum absolute atomic E-state index is 6.15. The Morgan fingerprint density at radius 1 is 1.20 bits per heavy atom. The van der Waals surface area contributed by atoms with E-state index in [0.29, 0.717) is 11.6 Å².